The minimum absolute atomic E-state index is 0.0510. The molecule has 0 amide bonds. The van der Waals surface area contributed by atoms with E-state index in [4.69, 9.17) is 22.1 Å². The average Bonchev–Trinajstić information content (AvgIpc) is 2.85. The first kappa shape index (κ1) is 14.8. The number of hydrogen-bond donors (Lipinski definition) is 1. The first-order chi connectivity index (χ1) is 9.61. The maximum absolute atomic E-state index is 6.22. The smallest absolute Gasteiger partial charge is 0.164 e. The Morgan fingerprint density at radius 3 is 2.95 bits per heavy atom. The summed E-state index contributed by atoms with van der Waals surface area (Å²) in [5, 5.41) is 4.70. The van der Waals surface area contributed by atoms with Gasteiger partial charge in [0.05, 0.1) is 5.02 Å². The third-order valence-electron chi connectivity index (χ3n) is 2.93. The van der Waals surface area contributed by atoms with E-state index in [0.717, 1.165) is 24.4 Å². The van der Waals surface area contributed by atoms with Crippen molar-refractivity contribution in [3.8, 4) is 5.75 Å². The quantitative estimate of drug-likeness (QED) is 0.888. The molecule has 1 aromatic heterocycles. The fourth-order valence-corrected chi connectivity index (χ4v) is 2.27. The Morgan fingerprint density at radius 2 is 2.25 bits per heavy atom. The van der Waals surface area contributed by atoms with Crippen molar-refractivity contribution in [1.82, 2.24) is 14.8 Å². The fraction of sp³-hybridized carbons (Fsp3) is 0.429. The van der Waals surface area contributed by atoms with E-state index in [-0.39, 0.29) is 6.04 Å². The Labute approximate surface area is 123 Å². The van der Waals surface area contributed by atoms with Gasteiger partial charge in [-0.15, -0.1) is 0 Å². The number of rotatable bonds is 6. The summed E-state index contributed by atoms with van der Waals surface area (Å²) in [5.41, 5.74) is 6.86. The van der Waals surface area contributed by atoms with Crippen LogP contribution in [-0.4, -0.2) is 20.8 Å². The molecule has 0 bridgehead atoms. The monoisotopic (exact) mass is 294 g/mol. The molecular formula is C14H19ClN4O. The summed E-state index contributed by atoms with van der Waals surface area (Å²) in [6.07, 6.45) is 2.24. The van der Waals surface area contributed by atoms with Crippen molar-refractivity contribution in [2.45, 2.75) is 39.5 Å². The molecule has 0 spiro atoms. The molecule has 0 radical (unpaired) electrons. The van der Waals surface area contributed by atoms with Gasteiger partial charge in [0.1, 0.15) is 18.7 Å². The van der Waals surface area contributed by atoms with Gasteiger partial charge >= 0.3 is 0 Å². The maximum Gasteiger partial charge on any atom is 0.164 e. The highest BCUT2D eigenvalue weighted by atomic mass is 35.5. The Kier molecular flexibility index (Phi) is 4.98. The van der Waals surface area contributed by atoms with Gasteiger partial charge in [-0.1, -0.05) is 23.7 Å². The second-order valence-corrected chi connectivity index (χ2v) is 5.10. The molecule has 0 aliphatic carbocycles. The lowest BCUT2D eigenvalue weighted by Gasteiger charge is -2.14. The van der Waals surface area contributed by atoms with E-state index in [1.54, 1.807) is 4.68 Å². The largest absolute Gasteiger partial charge is 0.484 e. The summed E-state index contributed by atoms with van der Waals surface area (Å²) >= 11 is 6.22. The van der Waals surface area contributed by atoms with Crippen LogP contribution in [0.2, 0.25) is 5.02 Å². The molecule has 0 fully saturated rings. The van der Waals surface area contributed by atoms with Gasteiger partial charge in [-0.25, -0.2) is 9.67 Å². The van der Waals surface area contributed by atoms with Gasteiger partial charge in [0, 0.05) is 12.6 Å². The Balaban J connectivity index is 2.16. The molecule has 5 nitrogen and oxygen atoms in total. The van der Waals surface area contributed by atoms with Gasteiger partial charge < -0.3 is 10.5 Å². The standard InChI is InChI=1S/C14H19ClN4O/c1-3-19-13(17-9-18-19)8-20-14-11(7-10(2)16)5-4-6-12(14)15/h4-6,9-10H,3,7-8,16H2,1-2H3. The second kappa shape index (κ2) is 6.72. The molecule has 2 N–H and O–H groups in total. The topological polar surface area (TPSA) is 66.0 Å². The minimum atomic E-state index is 0.0510. The number of para-hydroxylation sites is 1. The zero-order chi connectivity index (χ0) is 14.5. The zero-order valence-electron chi connectivity index (χ0n) is 11.7. The van der Waals surface area contributed by atoms with Crippen LogP contribution in [0.15, 0.2) is 24.5 Å². The van der Waals surface area contributed by atoms with E-state index in [2.05, 4.69) is 10.1 Å². The summed E-state index contributed by atoms with van der Waals surface area (Å²) in [4.78, 5) is 4.18. The van der Waals surface area contributed by atoms with Crippen LogP contribution < -0.4 is 10.5 Å². The van der Waals surface area contributed by atoms with E-state index < -0.39 is 0 Å². The third kappa shape index (κ3) is 3.49. The predicted molar refractivity (Wildman–Crippen MR) is 78.8 cm³/mol. The number of benzene rings is 1. The molecule has 0 aliphatic rings. The van der Waals surface area contributed by atoms with E-state index in [9.17, 15) is 0 Å². The molecule has 1 unspecified atom stereocenters. The van der Waals surface area contributed by atoms with Crippen molar-refractivity contribution in [1.29, 1.82) is 0 Å². The molecule has 1 atom stereocenters. The Bertz CT molecular complexity index is 568. The Hall–Kier alpha value is -1.59. The van der Waals surface area contributed by atoms with Crippen LogP contribution >= 0.6 is 11.6 Å². The van der Waals surface area contributed by atoms with E-state index in [1.807, 2.05) is 32.0 Å². The molecular weight excluding hydrogens is 276 g/mol. The van der Waals surface area contributed by atoms with E-state index in [1.165, 1.54) is 6.33 Å². The van der Waals surface area contributed by atoms with Crippen molar-refractivity contribution in [3.05, 3.63) is 40.9 Å². The van der Waals surface area contributed by atoms with Crippen LogP contribution in [0.25, 0.3) is 0 Å². The summed E-state index contributed by atoms with van der Waals surface area (Å²) in [6.45, 7) is 5.06. The van der Waals surface area contributed by atoms with Gasteiger partial charge in [0.15, 0.2) is 5.82 Å². The summed E-state index contributed by atoms with van der Waals surface area (Å²) in [7, 11) is 0. The van der Waals surface area contributed by atoms with Crippen LogP contribution in [0, 0.1) is 0 Å². The zero-order valence-corrected chi connectivity index (χ0v) is 12.5. The molecule has 1 aromatic carbocycles. The summed E-state index contributed by atoms with van der Waals surface area (Å²) in [5.74, 6) is 1.45. The molecule has 20 heavy (non-hydrogen) atoms. The van der Waals surface area contributed by atoms with Crippen LogP contribution in [0.4, 0.5) is 0 Å². The first-order valence-corrected chi connectivity index (χ1v) is 7.02. The predicted octanol–water partition coefficient (Wildman–Crippen LogP) is 2.42. The average molecular weight is 295 g/mol. The number of aryl methyl sites for hydroxylation is 1. The molecule has 0 saturated carbocycles. The van der Waals surface area contributed by atoms with E-state index in [0.29, 0.717) is 17.4 Å². The SMILES string of the molecule is CCn1ncnc1COc1c(Cl)cccc1CC(C)N. The summed E-state index contributed by atoms with van der Waals surface area (Å²) in [6, 6.07) is 5.75. The third-order valence-corrected chi connectivity index (χ3v) is 3.23. The van der Waals surface area contributed by atoms with Gasteiger partial charge in [-0.2, -0.15) is 5.10 Å². The molecule has 2 rings (SSSR count). The van der Waals surface area contributed by atoms with Crippen molar-refractivity contribution in [3.63, 3.8) is 0 Å². The van der Waals surface area contributed by atoms with Gasteiger partial charge in [-0.3, -0.25) is 0 Å². The highest BCUT2D eigenvalue weighted by Crippen LogP contribution is 2.30. The number of halogens is 1. The number of nitrogens with zero attached hydrogens (tertiary/aromatic N) is 3. The van der Waals surface area contributed by atoms with Crippen LogP contribution in [0.5, 0.6) is 5.75 Å². The highest BCUT2D eigenvalue weighted by molar-refractivity contribution is 6.32. The van der Waals surface area contributed by atoms with Crippen molar-refractivity contribution in [2.24, 2.45) is 5.73 Å². The maximum atomic E-state index is 6.22. The lowest BCUT2D eigenvalue weighted by molar-refractivity contribution is 0.284. The van der Waals surface area contributed by atoms with Crippen LogP contribution in [0.3, 0.4) is 0 Å². The van der Waals surface area contributed by atoms with E-state index >= 15 is 0 Å². The summed E-state index contributed by atoms with van der Waals surface area (Å²) < 4.78 is 7.64. The fourth-order valence-electron chi connectivity index (χ4n) is 2.02. The minimum Gasteiger partial charge on any atom is -0.484 e. The molecule has 2 aromatic rings. The Morgan fingerprint density at radius 1 is 1.45 bits per heavy atom. The van der Waals surface area contributed by atoms with Crippen LogP contribution in [-0.2, 0) is 19.6 Å². The van der Waals surface area contributed by atoms with Gasteiger partial charge in [-0.05, 0) is 31.9 Å². The first-order valence-electron chi connectivity index (χ1n) is 6.64. The van der Waals surface area contributed by atoms with Gasteiger partial charge in [0.25, 0.3) is 0 Å². The normalized spacial score (nSPS) is 12.4. The number of aromatic nitrogens is 3. The number of ether oxygens (including phenoxy) is 1. The lowest BCUT2D eigenvalue weighted by atomic mass is 10.1. The number of nitrogens with two attached hydrogens (primary N) is 1. The van der Waals surface area contributed by atoms with Crippen LogP contribution in [0.1, 0.15) is 25.2 Å². The van der Waals surface area contributed by atoms with Crippen molar-refractivity contribution in [2.75, 3.05) is 0 Å². The van der Waals surface area contributed by atoms with Crippen molar-refractivity contribution < 1.29 is 4.74 Å². The van der Waals surface area contributed by atoms with Gasteiger partial charge in [0.2, 0.25) is 0 Å². The molecule has 0 aliphatic heterocycles. The second-order valence-electron chi connectivity index (χ2n) is 4.69. The van der Waals surface area contributed by atoms with Crippen molar-refractivity contribution >= 4 is 11.6 Å². The highest BCUT2D eigenvalue weighted by Gasteiger charge is 2.12. The molecule has 1 heterocycles. The molecule has 6 heteroatoms. The molecule has 0 saturated heterocycles. The number of hydrogen-bond acceptors (Lipinski definition) is 4. The molecule has 108 valence electrons. The lowest BCUT2D eigenvalue weighted by Crippen LogP contribution is -2.18.